The van der Waals surface area contributed by atoms with Crippen molar-refractivity contribution >= 4 is 11.9 Å². The average Bonchev–Trinajstić information content (AvgIpc) is 2.30. The molecule has 1 aromatic carbocycles. The smallest absolute Gasteiger partial charge is 0.303 e. The molecule has 18 heavy (non-hydrogen) atoms. The van der Waals surface area contributed by atoms with E-state index in [1.165, 1.54) is 0 Å². The van der Waals surface area contributed by atoms with Crippen LogP contribution in [-0.4, -0.2) is 17.0 Å². The topological polar surface area (TPSA) is 66.4 Å². The number of aliphatic carboxylic acids is 1. The van der Waals surface area contributed by atoms with E-state index in [1.54, 1.807) is 0 Å². The van der Waals surface area contributed by atoms with Crippen molar-refractivity contribution < 1.29 is 23.5 Å². The molecule has 98 valence electrons. The molecule has 1 rings (SSSR count). The van der Waals surface area contributed by atoms with E-state index in [4.69, 9.17) is 5.11 Å². The van der Waals surface area contributed by atoms with Crippen LogP contribution in [0.15, 0.2) is 18.2 Å². The van der Waals surface area contributed by atoms with Crippen LogP contribution in [-0.2, 0) is 16.1 Å². The molecular weight excluding hydrogens is 244 g/mol. The minimum Gasteiger partial charge on any atom is -0.481 e. The summed E-state index contributed by atoms with van der Waals surface area (Å²) in [6, 6.07) is 2.99. The lowest BCUT2D eigenvalue weighted by Gasteiger charge is -2.06. The monoisotopic (exact) mass is 257 g/mol. The molecule has 1 amide bonds. The standard InChI is InChI=1S/C12H13F2NO3/c13-9-4-5-10(14)8(6-9)7-15-11(16)2-1-3-12(17)18/h4-6H,1-3,7H2,(H,15,16)(H,17,18). The van der Waals surface area contributed by atoms with Crippen molar-refractivity contribution in [2.24, 2.45) is 0 Å². The summed E-state index contributed by atoms with van der Waals surface area (Å²) in [6.07, 6.45) is 0.164. The Kier molecular flexibility index (Phi) is 5.23. The number of carboxylic acid groups (broad SMARTS) is 1. The van der Waals surface area contributed by atoms with E-state index in [1.807, 2.05) is 0 Å². The van der Waals surface area contributed by atoms with Gasteiger partial charge in [-0.1, -0.05) is 0 Å². The van der Waals surface area contributed by atoms with Gasteiger partial charge in [0.2, 0.25) is 5.91 Å². The van der Waals surface area contributed by atoms with Crippen LogP contribution in [0.25, 0.3) is 0 Å². The number of benzene rings is 1. The third-order valence-electron chi connectivity index (χ3n) is 2.28. The predicted molar refractivity (Wildman–Crippen MR) is 59.7 cm³/mol. The van der Waals surface area contributed by atoms with Gasteiger partial charge in [0.15, 0.2) is 0 Å². The van der Waals surface area contributed by atoms with Gasteiger partial charge in [0.1, 0.15) is 11.6 Å². The molecular formula is C12H13F2NO3. The molecule has 2 N–H and O–H groups in total. The summed E-state index contributed by atoms with van der Waals surface area (Å²) in [5.74, 6) is -2.53. The Morgan fingerprint density at radius 3 is 2.61 bits per heavy atom. The molecule has 0 aromatic heterocycles. The van der Waals surface area contributed by atoms with E-state index in [0.29, 0.717) is 0 Å². The van der Waals surface area contributed by atoms with Gasteiger partial charge in [0.05, 0.1) is 0 Å². The predicted octanol–water partition coefficient (Wildman–Crippen LogP) is 1.84. The van der Waals surface area contributed by atoms with Gasteiger partial charge >= 0.3 is 5.97 Å². The van der Waals surface area contributed by atoms with Crippen molar-refractivity contribution in [1.29, 1.82) is 0 Å². The first kappa shape index (κ1) is 14.1. The van der Waals surface area contributed by atoms with E-state index in [2.05, 4.69) is 5.32 Å². The van der Waals surface area contributed by atoms with Gasteiger partial charge in [-0.25, -0.2) is 8.78 Å². The summed E-state index contributed by atoms with van der Waals surface area (Å²) in [5.41, 5.74) is 0.0570. The summed E-state index contributed by atoms with van der Waals surface area (Å²) < 4.78 is 26.0. The molecule has 4 nitrogen and oxygen atoms in total. The van der Waals surface area contributed by atoms with Crippen molar-refractivity contribution in [2.75, 3.05) is 0 Å². The van der Waals surface area contributed by atoms with Crippen molar-refractivity contribution in [1.82, 2.24) is 5.32 Å². The van der Waals surface area contributed by atoms with E-state index >= 15 is 0 Å². The summed E-state index contributed by atoms with van der Waals surface area (Å²) in [6.45, 7) is -0.116. The third kappa shape index (κ3) is 4.90. The summed E-state index contributed by atoms with van der Waals surface area (Å²) in [4.78, 5) is 21.5. The molecule has 0 saturated heterocycles. The van der Waals surface area contributed by atoms with Crippen molar-refractivity contribution in [3.05, 3.63) is 35.4 Å². The van der Waals surface area contributed by atoms with E-state index in [-0.39, 0.29) is 37.3 Å². The van der Waals surface area contributed by atoms with Crippen molar-refractivity contribution in [3.8, 4) is 0 Å². The largest absolute Gasteiger partial charge is 0.481 e. The van der Waals surface area contributed by atoms with Gasteiger partial charge < -0.3 is 10.4 Å². The van der Waals surface area contributed by atoms with Gasteiger partial charge in [-0.3, -0.25) is 9.59 Å². The number of hydrogen-bond acceptors (Lipinski definition) is 2. The van der Waals surface area contributed by atoms with Crippen LogP contribution in [0.2, 0.25) is 0 Å². The lowest BCUT2D eigenvalue weighted by molar-refractivity contribution is -0.137. The van der Waals surface area contributed by atoms with Gasteiger partial charge in [-0.15, -0.1) is 0 Å². The molecule has 0 fully saturated rings. The Labute approximate surface area is 103 Å². The van der Waals surface area contributed by atoms with Gasteiger partial charge in [-0.2, -0.15) is 0 Å². The number of rotatable bonds is 6. The number of carbonyl (C=O) groups is 2. The molecule has 0 saturated carbocycles. The van der Waals surface area contributed by atoms with Crippen LogP contribution in [0.4, 0.5) is 8.78 Å². The van der Waals surface area contributed by atoms with Crippen LogP contribution < -0.4 is 5.32 Å². The summed E-state index contributed by atoms with van der Waals surface area (Å²) >= 11 is 0. The van der Waals surface area contributed by atoms with Crippen LogP contribution in [0, 0.1) is 11.6 Å². The Balaban J connectivity index is 2.38. The quantitative estimate of drug-likeness (QED) is 0.817. The second-order valence-electron chi connectivity index (χ2n) is 3.76. The number of hydrogen-bond donors (Lipinski definition) is 2. The Hall–Kier alpha value is -1.98. The Morgan fingerprint density at radius 1 is 1.22 bits per heavy atom. The molecule has 6 heteroatoms. The maximum absolute atomic E-state index is 13.2. The van der Waals surface area contributed by atoms with Crippen LogP contribution in [0.1, 0.15) is 24.8 Å². The number of halogens is 2. The first-order valence-corrected chi connectivity index (χ1v) is 5.41. The zero-order valence-electron chi connectivity index (χ0n) is 9.58. The Morgan fingerprint density at radius 2 is 1.94 bits per heavy atom. The fraction of sp³-hybridized carbons (Fsp3) is 0.333. The number of carbonyl (C=O) groups excluding carboxylic acids is 1. The zero-order chi connectivity index (χ0) is 13.5. The molecule has 0 unspecified atom stereocenters. The van der Waals surface area contributed by atoms with E-state index in [0.717, 1.165) is 18.2 Å². The van der Waals surface area contributed by atoms with Gasteiger partial charge in [-0.05, 0) is 24.6 Å². The second-order valence-corrected chi connectivity index (χ2v) is 3.76. The minimum absolute atomic E-state index is 0.0449. The fourth-order valence-corrected chi connectivity index (χ4v) is 1.36. The third-order valence-corrected chi connectivity index (χ3v) is 2.28. The van der Waals surface area contributed by atoms with Crippen molar-refractivity contribution in [3.63, 3.8) is 0 Å². The molecule has 1 aromatic rings. The molecule has 0 aliphatic heterocycles. The Bertz CT molecular complexity index is 449. The van der Waals surface area contributed by atoms with Crippen LogP contribution in [0.5, 0.6) is 0 Å². The SMILES string of the molecule is O=C(O)CCCC(=O)NCc1cc(F)ccc1F. The number of amides is 1. The molecule has 0 heterocycles. The maximum Gasteiger partial charge on any atom is 0.303 e. The highest BCUT2D eigenvalue weighted by molar-refractivity contribution is 5.76. The highest BCUT2D eigenvalue weighted by Crippen LogP contribution is 2.09. The number of carboxylic acids is 1. The summed E-state index contributed by atoms with van der Waals surface area (Å²) in [5, 5.41) is 10.8. The maximum atomic E-state index is 13.2. The van der Waals surface area contributed by atoms with E-state index in [9.17, 15) is 18.4 Å². The lowest BCUT2D eigenvalue weighted by atomic mass is 10.2. The van der Waals surface area contributed by atoms with Gasteiger partial charge in [0.25, 0.3) is 0 Å². The molecule has 0 radical (unpaired) electrons. The van der Waals surface area contributed by atoms with E-state index < -0.39 is 17.6 Å². The highest BCUT2D eigenvalue weighted by Gasteiger charge is 2.07. The summed E-state index contributed by atoms with van der Waals surface area (Å²) in [7, 11) is 0. The second kappa shape index (κ2) is 6.68. The molecule has 0 aliphatic carbocycles. The first-order chi connectivity index (χ1) is 8.49. The highest BCUT2D eigenvalue weighted by atomic mass is 19.1. The fourth-order valence-electron chi connectivity index (χ4n) is 1.36. The zero-order valence-corrected chi connectivity index (χ0v) is 9.58. The normalized spacial score (nSPS) is 10.1. The van der Waals surface area contributed by atoms with Crippen molar-refractivity contribution in [2.45, 2.75) is 25.8 Å². The molecule has 0 spiro atoms. The molecule has 0 bridgehead atoms. The lowest BCUT2D eigenvalue weighted by Crippen LogP contribution is -2.23. The van der Waals surface area contributed by atoms with Crippen LogP contribution in [0.3, 0.4) is 0 Å². The average molecular weight is 257 g/mol. The van der Waals surface area contributed by atoms with Crippen LogP contribution >= 0.6 is 0 Å². The number of nitrogens with one attached hydrogen (secondary N) is 1. The first-order valence-electron chi connectivity index (χ1n) is 5.41. The molecule has 0 aliphatic rings. The molecule has 0 atom stereocenters. The van der Waals surface area contributed by atoms with Gasteiger partial charge in [0, 0.05) is 24.9 Å². The minimum atomic E-state index is -0.973.